The minimum absolute atomic E-state index is 0. The summed E-state index contributed by atoms with van der Waals surface area (Å²) in [6.07, 6.45) is 0.125. The lowest BCUT2D eigenvalue weighted by Gasteiger charge is -2.07. The molecular formula is C19H18ClF2N3O2S. The quantitative estimate of drug-likeness (QED) is 0.665. The third-order valence-electron chi connectivity index (χ3n) is 3.86. The van der Waals surface area contributed by atoms with E-state index in [9.17, 15) is 13.6 Å². The SMILES string of the molecule is COc1ccc(NC(=O)Cc2csc(=Nc3cc(F)ccc3F)n2C)cc1.Cl. The number of rotatable bonds is 5. The largest absolute Gasteiger partial charge is 0.497 e. The molecule has 1 N–H and O–H groups in total. The van der Waals surface area contributed by atoms with Crippen LogP contribution in [0.3, 0.4) is 0 Å². The van der Waals surface area contributed by atoms with Crippen LogP contribution in [0.25, 0.3) is 0 Å². The summed E-state index contributed by atoms with van der Waals surface area (Å²) < 4.78 is 33.8. The summed E-state index contributed by atoms with van der Waals surface area (Å²) in [6.45, 7) is 0. The number of nitrogens with zero attached hydrogens (tertiary/aromatic N) is 2. The lowest BCUT2D eigenvalue weighted by molar-refractivity contribution is -0.115. The number of hydrogen-bond acceptors (Lipinski definition) is 4. The predicted octanol–water partition coefficient (Wildman–Crippen LogP) is 4.21. The van der Waals surface area contributed by atoms with Crippen LogP contribution in [0.15, 0.2) is 52.8 Å². The molecule has 0 aliphatic carbocycles. The Hall–Kier alpha value is -2.71. The number of aromatic nitrogens is 1. The molecule has 148 valence electrons. The lowest BCUT2D eigenvalue weighted by atomic mass is 10.2. The molecule has 0 unspecified atom stereocenters. The van der Waals surface area contributed by atoms with Gasteiger partial charge in [-0.2, -0.15) is 0 Å². The van der Waals surface area contributed by atoms with Crippen molar-refractivity contribution in [3.05, 3.63) is 70.0 Å². The molecule has 3 aromatic rings. The number of hydrogen-bond donors (Lipinski definition) is 1. The zero-order valence-electron chi connectivity index (χ0n) is 15.1. The Kier molecular flexibility index (Phi) is 7.31. The summed E-state index contributed by atoms with van der Waals surface area (Å²) in [4.78, 5) is 16.9. The fraction of sp³-hybridized carbons (Fsp3) is 0.158. The van der Waals surface area contributed by atoms with E-state index in [4.69, 9.17) is 4.74 Å². The van der Waals surface area contributed by atoms with Crippen LogP contribution in [-0.4, -0.2) is 17.6 Å². The van der Waals surface area contributed by atoms with Crippen molar-refractivity contribution in [3.63, 3.8) is 0 Å². The number of ether oxygens (including phenoxy) is 1. The van der Waals surface area contributed by atoms with Crippen molar-refractivity contribution in [2.45, 2.75) is 6.42 Å². The second kappa shape index (κ2) is 9.48. The van der Waals surface area contributed by atoms with Crippen LogP contribution in [0.1, 0.15) is 5.69 Å². The van der Waals surface area contributed by atoms with E-state index < -0.39 is 11.6 Å². The van der Waals surface area contributed by atoms with Crippen LogP contribution >= 0.6 is 23.7 Å². The first kappa shape index (κ1) is 21.6. The average Bonchev–Trinajstić information content (AvgIpc) is 2.98. The summed E-state index contributed by atoms with van der Waals surface area (Å²) in [5.74, 6) is -0.665. The van der Waals surface area contributed by atoms with Crippen LogP contribution in [0.2, 0.25) is 0 Å². The molecule has 0 bridgehead atoms. The number of benzene rings is 2. The molecule has 0 radical (unpaired) electrons. The minimum atomic E-state index is -0.608. The standard InChI is InChI=1S/C19H17F2N3O2S.ClH/c1-24-14(10-18(25)22-13-4-6-15(26-2)7-5-13)11-27-19(24)23-17-9-12(20)3-8-16(17)21;/h3-9,11H,10H2,1-2H3,(H,22,25);1H. The van der Waals surface area contributed by atoms with Gasteiger partial charge in [-0.1, -0.05) is 0 Å². The maximum atomic E-state index is 13.8. The van der Waals surface area contributed by atoms with Crippen molar-refractivity contribution in [1.29, 1.82) is 0 Å². The van der Waals surface area contributed by atoms with Gasteiger partial charge in [0.2, 0.25) is 5.91 Å². The summed E-state index contributed by atoms with van der Waals surface area (Å²) in [5.41, 5.74) is 1.29. The van der Waals surface area contributed by atoms with E-state index >= 15 is 0 Å². The van der Waals surface area contributed by atoms with E-state index in [1.807, 2.05) is 0 Å². The Morgan fingerprint density at radius 3 is 2.61 bits per heavy atom. The Bertz CT molecular complexity index is 1030. The molecule has 0 atom stereocenters. The van der Waals surface area contributed by atoms with E-state index in [0.29, 0.717) is 21.9 Å². The fourth-order valence-corrected chi connectivity index (χ4v) is 3.29. The third-order valence-corrected chi connectivity index (χ3v) is 4.82. The number of carbonyl (C=O) groups is 1. The van der Waals surface area contributed by atoms with Gasteiger partial charge >= 0.3 is 0 Å². The molecule has 0 saturated heterocycles. The first-order chi connectivity index (χ1) is 13.0. The van der Waals surface area contributed by atoms with Gasteiger partial charge in [-0.3, -0.25) is 4.79 Å². The van der Waals surface area contributed by atoms with Crippen molar-refractivity contribution >= 4 is 41.0 Å². The molecule has 28 heavy (non-hydrogen) atoms. The molecule has 1 amide bonds. The molecule has 0 spiro atoms. The number of thiazole rings is 1. The highest BCUT2D eigenvalue weighted by atomic mass is 35.5. The van der Waals surface area contributed by atoms with Crippen LogP contribution in [0.4, 0.5) is 20.2 Å². The highest BCUT2D eigenvalue weighted by Crippen LogP contribution is 2.19. The van der Waals surface area contributed by atoms with Crippen molar-refractivity contribution < 1.29 is 18.3 Å². The normalized spacial score (nSPS) is 11.1. The van der Waals surface area contributed by atoms with E-state index in [1.165, 1.54) is 11.3 Å². The van der Waals surface area contributed by atoms with Crippen LogP contribution < -0.4 is 14.9 Å². The molecule has 9 heteroatoms. The van der Waals surface area contributed by atoms with Gasteiger partial charge in [0.25, 0.3) is 0 Å². The van der Waals surface area contributed by atoms with E-state index in [-0.39, 0.29) is 30.4 Å². The van der Waals surface area contributed by atoms with Crippen molar-refractivity contribution in [2.24, 2.45) is 12.0 Å². The molecule has 1 aromatic heterocycles. The average molecular weight is 426 g/mol. The van der Waals surface area contributed by atoms with Gasteiger partial charge in [0.05, 0.1) is 13.5 Å². The molecule has 0 fully saturated rings. The number of carbonyl (C=O) groups excluding carboxylic acids is 1. The molecule has 5 nitrogen and oxygen atoms in total. The minimum Gasteiger partial charge on any atom is -0.497 e. The summed E-state index contributed by atoms with van der Waals surface area (Å²) >= 11 is 1.25. The van der Waals surface area contributed by atoms with E-state index in [2.05, 4.69) is 10.3 Å². The van der Waals surface area contributed by atoms with Crippen molar-refractivity contribution in [1.82, 2.24) is 4.57 Å². The Morgan fingerprint density at radius 1 is 1.21 bits per heavy atom. The molecule has 3 rings (SSSR count). The smallest absolute Gasteiger partial charge is 0.230 e. The van der Waals surface area contributed by atoms with Crippen LogP contribution in [-0.2, 0) is 18.3 Å². The van der Waals surface area contributed by atoms with Crippen molar-refractivity contribution in [2.75, 3.05) is 12.4 Å². The van der Waals surface area contributed by atoms with Gasteiger partial charge in [0.1, 0.15) is 23.1 Å². The molecule has 0 aliphatic heterocycles. The Labute approximate surface area is 170 Å². The fourth-order valence-electron chi connectivity index (χ4n) is 2.38. The van der Waals surface area contributed by atoms with Gasteiger partial charge in [-0.25, -0.2) is 13.8 Å². The number of methoxy groups -OCH3 is 1. The van der Waals surface area contributed by atoms with Gasteiger partial charge in [0, 0.05) is 29.9 Å². The first-order valence-electron chi connectivity index (χ1n) is 8.03. The van der Waals surface area contributed by atoms with E-state index in [1.54, 1.807) is 48.4 Å². The third kappa shape index (κ3) is 5.17. The number of halogens is 3. The zero-order valence-corrected chi connectivity index (χ0v) is 16.7. The van der Waals surface area contributed by atoms with Crippen LogP contribution in [0, 0.1) is 11.6 Å². The Morgan fingerprint density at radius 2 is 1.93 bits per heavy atom. The molecule has 0 saturated carbocycles. The Balaban J connectivity index is 0.00000280. The summed E-state index contributed by atoms with van der Waals surface area (Å²) in [5, 5.41) is 4.57. The second-order valence-corrected chi connectivity index (χ2v) is 6.57. The van der Waals surface area contributed by atoms with Crippen molar-refractivity contribution in [3.8, 4) is 5.75 Å². The first-order valence-corrected chi connectivity index (χ1v) is 8.91. The molecule has 1 heterocycles. The number of amides is 1. The molecule has 2 aromatic carbocycles. The van der Waals surface area contributed by atoms with Gasteiger partial charge in [0.15, 0.2) is 4.80 Å². The molecular weight excluding hydrogens is 408 g/mol. The van der Waals surface area contributed by atoms with Gasteiger partial charge < -0.3 is 14.6 Å². The topological polar surface area (TPSA) is 55.6 Å². The van der Waals surface area contributed by atoms with Crippen LogP contribution in [0.5, 0.6) is 5.75 Å². The second-order valence-electron chi connectivity index (χ2n) is 5.73. The maximum absolute atomic E-state index is 13.8. The lowest BCUT2D eigenvalue weighted by Crippen LogP contribution is -2.19. The molecule has 0 aliphatic rings. The zero-order chi connectivity index (χ0) is 19.4. The summed E-state index contributed by atoms with van der Waals surface area (Å²) in [7, 11) is 3.30. The van der Waals surface area contributed by atoms with Gasteiger partial charge in [-0.15, -0.1) is 23.7 Å². The van der Waals surface area contributed by atoms with E-state index in [0.717, 1.165) is 18.2 Å². The predicted molar refractivity (Wildman–Crippen MR) is 107 cm³/mol. The van der Waals surface area contributed by atoms with Gasteiger partial charge in [-0.05, 0) is 36.4 Å². The maximum Gasteiger partial charge on any atom is 0.230 e. The number of anilines is 1. The number of nitrogens with one attached hydrogen (secondary N) is 1. The monoisotopic (exact) mass is 425 g/mol. The highest BCUT2D eigenvalue weighted by Gasteiger charge is 2.10. The summed E-state index contributed by atoms with van der Waals surface area (Å²) in [6, 6.07) is 10.1. The highest BCUT2D eigenvalue weighted by molar-refractivity contribution is 7.07.